The molecule has 0 aliphatic carbocycles. The molecule has 0 radical (unpaired) electrons. The molecule has 2 heterocycles. The zero-order valence-electron chi connectivity index (χ0n) is 9.04. The maximum Gasteiger partial charge on any atom is 0.0897 e. The van der Waals surface area contributed by atoms with Crippen LogP contribution in [0.25, 0.3) is 0 Å². The number of nitrogens with zero attached hydrogens (tertiary/aromatic N) is 2. The molecule has 0 N–H and O–H groups in total. The summed E-state index contributed by atoms with van der Waals surface area (Å²) in [5.74, 6) is 1.18. The molecular weight excluding hydrogens is 283 g/mol. The maximum absolute atomic E-state index is 5.51. The monoisotopic (exact) mass is 294 g/mol. The second kappa shape index (κ2) is 7.22. The van der Waals surface area contributed by atoms with E-state index in [4.69, 9.17) is 23.2 Å². The van der Waals surface area contributed by atoms with Crippen LogP contribution in [0.3, 0.4) is 0 Å². The highest BCUT2D eigenvalue weighted by Crippen LogP contribution is 2.13. The molecule has 0 aliphatic rings. The lowest BCUT2D eigenvalue weighted by molar-refractivity contribution is 1.28. The summed E-state index contributed by atoms with van der Waals surface area (Å²) in [5, 5.41) is 2.17. The predicted octanol–water partition coefficient (Wildman–Crippen LogP) is 4.38. The van der Waals surface area contributed by atoms with Gasteiger partial charge in [0.15, 0.2) is 0 Å². The Kier molecular flexibility index (Phi) is 6.28. The van der Waals surface area contributed by atoms with Gasteiger partial charge in [-0.1, -0.05) is 0 Å². The van der Waals surface area contributed by atoms with Gasteiger partial charge in [0.2, 0.25) is 0 Å². The number of aryl methyl sites for hydroxylation is 2. The SMILES string of the molecule is Cc1ncc(CCl)s1.Cc1ncc(CCl)s1. The van der Waals surface area contributed by atoms with Gasteiger partial charge in [-0.15, -0.1) is 45.9 Å². The Balaban J connectivity index is 0.000000160. The highest BCUT2D eigenvalue weighted by atomic mass is 35.5. The summed E-state index contributed by atoms with van der Waals surface area (Å²) in [6, 6.07) is 0. The number of rotatable bonds is 2. The minimum Gasteiger partial charge on any atom is -0.250 e. The van der Waals surface area contributed by atoms with Crippen LogP contribution in [0, 0.1) is 13.8 Å². The Bertz CT molecular complexity index is 386. The van der Waals surface area contributed by atoms with Gasteiger partial charge in [-0.25, -0.2) is 9.97 Å². The molecule has 6 heteroatoms. The molecule has 2 aromatic heterocycles. The molecule has 2 rings (SSSR count). The van der Waals surface area contributed by atoms with Crippen LogP contribution in [0.2, 0.25) is 0 Å². The topological polar surface area (TPSA) is 25.8 Å². The first kappa shape index (κ1) is 13.9. The first-order valence-electron chi connectivity index (χ1n) is 4.60. The van der Waals surface area contributed by atoms with E-state index in [1.165, 1.54) is 0 Å². The molecule has 2 nitrogen and oxygen atoms in total. The van der Waals surface area contributed by atoms with E-state index < -0.39 is 0 Å². The van der Waals surface area contributed by atoms with E-state index in [0.29, 0.717) is 11.8 Å². The lowest BCUT2D eigenvalue weighted by Gasteiger charge is -1.76. The van der Waals surface area contributed by atoms with Gasteiger partial charge >= 0.3 is 0 Å². The number of thiazole rings is 2. The van der Waals surface area contributed by atoms with E-state index in [-0.39, 0.29) is 0 Å². The standard InChI is InChI=1S/2C5H6ClNS/c2*1-4-7-3-5(2-6)8-4/h2*3H,2H2,1H3. The predicted molar refractivity (Wildman–Crippen MR) is 72.8 cm³/mol. The molecule has 0 aromatic carbocycles. The number of hydrogen-bond acceptors (Lipinski definition) is 4. The van der Waals surface area contributed by atoms with Crippen molar-refractivity contribution in [3.8, 4) is 0 Å². The van der Waals surface area contributed by atoms with Crippen molar-refractivity contribution in [3.05, 3.63) is 32.2 Å². The van der Waals surface area contributed by atoms with Crippen molar-refractivity contribution in [3.63, 3.8) is 0 Å². The first-order chi connectivity index (χ1) is 7.65. The molecule has 0 saturated heterocycles. The zero-order chi connectivity index (χ0) is 12.0. The summed E-state index contributed by atoms with van der Waals surface area (Å²) >= 11 is 14.3. The van der Waals surface area contributed by atoms with Gasteiger partial charge in [0.25, 0.3) is 0 Å². The molecule has 0 unspecified atom stereocenters. The molecule has 0 spiro atoms. The summed E-state index contributed by atoms with van der Waals surface area (Å²) in [4.78, 5) is 10.3. The van der Waals surface area contributed by atoms with Crippen LogP contribution in [-0.2, 0) is 11.8 Å². The highest BCUT2D eigenvalue weighted by molar-refractivity contribution is 7.12. The summed E-state index contributed by atoms with van der Waals surface area (Å²) < 4.78 is 0. The quantitative estimate of drug-likeness (QED) is 0.768. The highest BCUT2D eigenvalue weighted by Gasteiger charge is 1.93. The van der Waals surface area contributed by atoms with Crippen LogP contribution in [0.15, 0.2) is 12.4 Å². The average molecular weight is 295 g/mol. The van der Waals surface area contributed by atoms with E-state index >= 15 is 0 Å². The number of aromatic nitrogens is 2. The van der Waals surface area contributed by atoms with Crippen LogP contribution in [0.4, 0.5) is 0 Å². The van der Waals surface area contributed by atoms with E-state index in [1.807, 2.05) is 26.2 Å². The Labute approximate surface area is 113 Å². The van der Waals surface area contributed by atoms with Crippen LogP contribution in [0.5, 0.6) is 0 Å². The summed E-state index contributed by atoms with van der Waals surface area (Å²) in [6.45, 7) is 3.95. The Hall–Kier alpha value is -0.160. The smallest absolute Gasteiger partial charge is 0.0897 e. The van der Waals surface area contributed by atoms with Gasteiger partial charge in [-0.05, 0) is 13.8 Å². The largest absolute Gasteiger partial charge is 0.250 e. The van der Waals surface area contributed by atoms with E-state index in [1.54, 1.807) is 22.7 Å². The molecule has 0 fully saturated rings. The van der Waals surface area contributed by atoms with Crippen molar-refractivity contribution in [2.24, 2.45) is 0 Å². The van der Waals surface area contributed by atoms with Crippen molar-refractivity contribution in [2.75, 3.05) is 0 Å². The first-order valence-corrected chi connectivity index (χ1v) is 7.30. The summed E-state index contributed by atoms with van der Waals surface area (Å²) in [7, 11) is 0. The van der Waals surface area contributed by atoms with Gasteiger partial charge < -0.3 is 0 Å². The van der Waals surface area contributed by atoms with Crippen molar-refractivity contribution >= 4 is 45.9 Å². The molecule has 16 heavy (non-hydrogen) atoms. The molecule has 0 amide bonds. The maximum atomic E-state index is 5.51. The van der Waals surface area contributed by atoms with Crippen LogP contribution >= 0.6 is 45.9 Å². The Morgan fingerprint density at radius 3 is 1.44 bits per heavy atom. The third kappa shape index (κ3) is 4.78. The van der Waals surface area contributed by atoms with Crippen molar-refractivity contribution in [1.29, 1.82) is 0 Å². The van der Waals surface area contributed by atoms with Crippen LogP contribution in [0.1, 0.15) is 19.8 Å². The van der Waals surface area contributed by atoms with Gasteiger partial charge in [0, 0.05) is 22.1 Å². The van der Waals surface area contributed by atoms with Crippen molar-refractivity contribution in [1.82, 2.24) is 9.97 Å². The molecule has 2 aromatic rings. The molecule has 88 valence electrons. The fourth-order valence-corrected chi connectivity index (χ4v) is 2.69. The Morgan fingerprint density at radius 2 is 1.31 bits per heavy atom. The van der Waals surface area contributed by atoms with Crippen LogP contribution in [-0.4, -0.2) is 9.97 Å². The van der Waals surface area contributed by atoms with Crippen molar-refractivity contribution in [2.45, 2.75) is 25.6 Å². The molecule has 0 bridgehead atoms. The molecular formula is C10H12Cl2N2S2. The number of hydrogen-bond donors (Lipinski definition) is 0. The molecule has 0 saturated carbocycles. The number of halogens is 2. The lowest BCUT2D eigenvalue weighted by atomic mass is 10.6. The summed E-state index contributed by atoms with van der Waals surface area (Å²) in [6.07, 6.45) is 3.62. The van der Waals surface area contributed by atoms with Crippen molar-refractivity contribution < 1.29 is 0 Å². The van der Waals surface area contributed by atoms with E-state index in [0.717, 1.165) is 19.8 Å². The third-order valence-electron chi connectivity index (χ3n) is 1.60. The molecule has 0 aliphatic heterocycles. The fourth-order valence-electron chi connectivity index (χ4n) is 0.934. The zero-order valence-corrected chi connectivity index (χ0v) is 12.2. The minimum atomic E-state index is 0.589. The van der Waals surface area contributed by atoms with Gasteiger partial charge in [-0.3, -0.25) is 0 Å². The number of alkyl halides is 2. The minimum absolute atomic E-state index is 0.589. The van der Waals surface area contributed by atoms with Crippen LogP contribution < -0.4 is 0 Å². The normalized spacial score (nSPS) is 9.75. The van der Waals surface area contributed by atoms with Gasteiger partial charge in [0.1, 0.15) is 0 Å². The second-order valence-electron chi connectivity index (χ2n) is 2.96. The van der Waals surface area contributed by atoms with Gasteiger partial charge in [-0.2, -0.15) is 0 Å². The second-order valence-corrected chi connectivity index (χ2v) is 6.13. The van der Waals surface area contributed by atoms with Gasteiger partial charge in [0.05, 0.1) is 21.8 Å². The summed E-state index contributed by atoms with van der Waals surface area (Å²) in [5.41, 5.74) is 0. The fraction of sp³-hybridized carbons (Fsp3) is 0.400. The Morgan fingerprint density at radius 1 is 0.938 bits per heavy atom. The lowest BCUT2D eigenvalue weighted by Crippen LogP contribution is -1.61. The van der Waals surface area contributed by atoms with E-state index in [2.05, 4.69) is 9.97 Å². The van der Waals surface area contributed by atoms with E-state index in [9.17, 15) is 0 Å². The average Bonchev–Trinajstić information content (AvgIpc) is 2.88. The molecule has 0 atom stereocenters. The third-order valence-corrected chi connectivity index (χ3v) is 4.32.